The molecule has 1 fully saturated rings. The highest BCUT2D eigenvalue weighted by Crippen LogP contribution is 2.18. The summed E-state index contributed by atoms with van der Waals surface area (Å²) >= 11 is 0. The van der Waals surface area contributed by atoms with Crippen LogP contribution in [0.4, 0.5) is 0 Å². The fraction of sp³-hybridized carbons (Fsp3) is 0.923. The summed E-state index contributed by atoms with van der Waals surface area (Å²) in [7, 11) is -3.07. The number of piperazine rings is 1. The molecule has 1 aliphatic heterocycles. The van der Waals surface area contributed by atoms with Crippen molar-refractivity contribution in [1.82, 2.24) is 10.2 Å². The van der Waals surface area contributed by atoms with E-state index in [4.69, 9.17) is 0 Å². The molecule has 0 spiro atoms. The first-order valence-corrected chi connectivity index (χ1v) is 8.81. The molecule has 0 atom stereocenters. The Morgan fingerprint density at radius 3 is 2.32 bits per heavy atom. The Balaban J connectivity index is 2.56. The molecule has 0 aromatic heterocycles. The average molecular weight is 290 g/mol. The van der Waals surface area contributed by atoms with Gasteiger partial charge in [0.1, 0.15) is 0 Å². The van der Waals surface area contributed by atoms with Crippen LogP contribution in [0.5, 0.6) is 0 Å². The Kier molecular flexibility index (Phi) is 5.95. The highest BCUT2D eigenvalue weighted by atomic mass is 32.2. The van der Waals surface area contributed by atoms with E-state index in [1.165, 1.54) is 0 Å². The number of rotatable bonds is 7. The van der Waals surface area contributed by atoms with Crippen LogP contribution < -0.4 is 5.32 Å². The van der Waals surface area contributed by atoms with E-state index in [0.717, 1.165) is 26.2 Å². The van der Waals surface area contributed by atoms with Gasteiger partial charge < -0.3 is 5.32 Å². The van der Waals surface area contributed by atoms with Crippen LogP contribution in [0.25, 0.3) is 0 Å². The first-order valence-electron chi connectivity index (χ1n) is 6.99. The first-order chi connectivity index (χ1) is 8.79. The van der Waals surface area contributed by atoms with Crippen molar-refractivity contribution >= 4 is 15.6 Å². The van der Waals surface area contributed by atoms with Crippen LogP contribution in [0.3, 0.4) is 0 Å². The second-order valence-electron chi connectivity index (χ2n) is 5.62. The lowest BCUT2D eigenvalue weighted by molar-refractivity contribution is -0.129. The quantitative estimate of drug-likeness (QED) is 0.737. The number of Topliss-reactive ketones (excluding diaryl/α,β-unsaturated/α-hetero) is 1. The molecule has 1 rings (SSSR count). The number of hydrogen-bond acceptors (Lipinski definition) is 5. The van der Waals surface area contributed by atoms with Crippen LogP contribution >= 0.6 is 0 Å². The van der Waals surface area contributed by atoms with Gasteiger partial charge in [0.05, 0.1) is 11.3 Å². The van der Waals surface area contributed by atoms with E-state index < -0.39 is 15.4 Å². The fourth-order valence-corrected chi connectivity index (χ4v) is 3.69. The smallest absolute Gasteiger partial charge is 0.153 e. The minimum atomic E-state index is -3.07. The molecular weight excluding hydrogens is 264 g/mol. The van der Waals surface area contributed by atoms with Gasteiger partial charge in [0.25, 0.3) is 0 Å². The predicted octanol–water partition coefficient (Wildman–Crippen LogP) is 0.454. The average Bonchev–Trinajstić information content (AvgIpc) is 2.37. The molecule has 0 aromatic carbocycles. The lowest BCUT2D eigenvalue weighted by Crippen LogP contribution is -2.57. The van der Waals surface area contributed by atoms with Crippen LogP contribution in [-0.2, 0) is 14.6 Å². The zero-order valence-electron chi connectivity index (χ0n) is 12.2. The van der Waals surface area contributed by atoms with Crippen LogP contribution in [0.15, 0.2) is 0 Å². The normalized spacial score (nSPS) is 18.5. The van der Waals surface area contributed by atoms with Crippen molar-refractivity contribution in [3.8, 4) is 0 Å². The van der Waals surface area contributed by atoms with Crippen molar-refractivity contribution in [2.24, 2.45) is 0 Å². The van der Waals surface area contributed by atoms with E-state index in [2.05, 4.69) is 10.2 Å². The van der Waals surface area contributed by atoms with Crippen molar-refractivity contribution in [3.05, 3.63) is 0 Å². The Hall–Kier alpha value is -0.460. The van der Waals surface area contributed by atoms with Crippen molar-refractivity contribution in [2.75, 3.05) is 37.7 Å². The van der Waals surface area contributed by atoms with E-state index in [-0.39, 0.29) is 23.7 Å². The summed E-state index contributed by atoms with van der Waals surface area (Å²) in [6.07, 6.45) is 0.733. The number of hydrogen-bond donors (Lipinski definition) is 1. The van der Waals surface area contributed by atoms with Gasteiger partial charge in [0, 0.05) is 38.4 Å². The molecule has 112 valence electrons. The van der Waals surface area contributed by atoms with Crippen molar-refractivity contribution in [1.29, 1.82) is 0 Å². The Labute approximate surface area is 116 Å². The summed E-state index contributed by atoms with van der Waals surface area (Å²) in [5.74, 6) is 0.179. The van der Waals surface area contributed by atoms with Gasteiger partial charge in [-0.2, -0.15) is 0 Å². The van der Waals surface area contributed by atoms with Crippen LogP contribution in [0.2, 0.25) is 0 Å². The lowest BCUT2D eigenvalue weighted by atomic mass is 9.94. The number of carbonyl (C=O) groups excluding carboxylic acids is 1. The van der Waals surface area contributed by atoms with E-state index in [1.807, 2.05) is 20.8 Å². The molecule has 1 saturated heterocycles. The largest absolute Gasteiger partial charge is 0.314 e. The minimum Gasteiger partial charge on any atom is -0.314 e. The van der Waals surface area contributed by atoms with Gasteiger partial charge in [-0.1, -0.05) is 6.92 Å². The third-order valence-corrected chi connectivity index (χ3v) is 5.60. The van der Waals surface area contributed by atoms with Crippen molar-refractivity contribution < 1.29 is 13.2 Å². The number of ketones is 1. The molecule has 5 nitrogen and oxygen atoms in total. The summed E-state index contributed by atoms with van der Waals surface area (Å²) in [4.78, 5) is 14.4. The van der Waals surface area contributed by atoms with Gasteiger partial charge in [-0.25, -0.2) is 8.42 Å². The van der Waals surface area contributed by atoms with E-state index in [9.17, 15) is 13.2 Å². The molecule has 0 saturated carbocycles. The maximum absolute atomic E-state index is 12.3. The Bertz CT molecular complexity index is 398. The van der Waals surface area contributed by atoms with E-state index in [1.54, 1.807) is 0 Å². The third-order valence-electron chi connectivity index (χ3n) is 3.75. The topological polar surface area (TPSA) is 66.5 Å². The summed E-state index contributed by atoms with van der Waals surface area (Å²) in [6, 6.07) is 0. The van der Waals surface area contributed by atoms with Gasteiger partial charge in [0.2, 0.25) is 0 Å². The highest BCUT2D eigenvalue weighted by Gasteiger charge is 2.34. The zero-order valence-corrected chi connectivity index (χ0v) is 13.1. The Morgan fingerprint density at radius 1 is 1.21 bits per heavy atom. The number of sulfone groups is 1. The summed E-state index contributed by atoms with van der Waals surface area (Å²) in [5.41, 5.74) is -0.566. The minimum absolute atomic E-state index is 0.0187. The van der Waals surface area contributed by atoms with Crippen molar-refractivity contribution in [2.45, 2.75) is 39.2 Å². The molecule has 19 heavy (non-hydrogen) atoms. The van der Waals surface area contributed by atoms with Gasteiger partial charge in [0.15, 0.2) is 15.6 Å². The zero-order chi connectivity index (χ0) is 14.5. The second kappa shape index (κ2) is 6.81. The fourth-order valence-electron chi connectivity index (χ4n) is 2.37. The molecule has 0 aliphatic carbocycles. The standard InChI is InChI=1S/C13H26N2O3S/c1-4-10-19(17,18)11-5-12(16)13(2,3)15-8-6-14-7-9-15/h14H,4-11H2,1-3H3. The molecule has 6 heteroatoms. The van der Waals surface area contributed by atoms with Gasteiger partial charge in [-0.15, -0.1) is 0 Å². The molecule has 0 unspecified atom stereocenters. The molecule has 0 aromatic rings. The summed E-state index contributed by atoms with van der Waals surface area (Å²) in [6.45, 7) is 9.06. The van der Waals surface area contributed by atoms with Gasteiger partial charge in [-0.05, 0) is 20.3 Å². The van der Waals surface area contributed by atoms with Crippen LogP contribution in [-0.4, -0.2) is 62.3 Å². The SMILES string of the molecule is CCCS(=O)(=O)CCC(=O)C(C)(C)N1CCNCC1. The number of nitrogens with one attached hydrogen (secondary N) is 1. The highest BCUT2D eigenvalue weighted by molar-refractivity contribution is 7.91. The molecule has 1 heterocycles. The molecule has 1 N–H and O–H groups in total. The lowest BCUT2D eigenvalue weighted by Gasteiger charge is -2.40. The Morgan fingerprint density at radius 2 is 1.79 bits per heavy atom. The summed E-state index contributed by atoms with van der Waals surface area (Å²) in [5, 5.41) is 3.25. The second-order valence-corrected chi connectivity index (χ2v) is 7.92. The molecule has 0 bridgehead atoms. The maximum atomic E-state index is 12.3. The third kappa shape index (κ3) is 4.85. The van der Waals surface area contributed by atoms with E-state index in [0.29, 0.717) is 6.42 Å². The van der Waals surface area contributed by atoms with Crippen LogP contribution in [0.1, 0.15) is 33.6 Å². The van der Waals surface area contributed by atoms with E-state index >= 15 is 0 Å². The number of carbonyl (C=O) groups is 1. The molecule has 1 aliphatic rings. The number of nitrogens with zero attached hydrogens (tertiary/aromatic N) is 1. The maximum Gasteiger partial charge on any atom is 0.153 e. The van der Waals surface area contributed by atoms with Crippen LogP contribution in [0, 0.1) is 0 Å². The molecular formula is C13H26N2O3S. The molecule has 0 amide bonds. The van der Waals surface area contributed by atoms with Gasteiger partial charge in [-0.3, -0.25) is 9.69 Å². The summed E-state index contributed by atoms with van der Waals surface area (Å²) < 4.78 is 23.3. The first kappa shape index (κ1) is 16.6. The van der Waals surface area contributed by atoms with Gasteiger partial charge >= 0.3 is 0 Å². The predicted molar refractivity (Wildman–Crippen MR) is 77.1 cm³/mol. The monoisotopic (exact) mass is 290 g/mol. The van der Waals surface area contributed by atoms with Crippen molar-refractivity contribution in [3.63, 3.8) is 0 Å². The molecule has 0 radical (unpaired) electrons.